The fourth-order valence-electron chi connectivity index (χ4n) is 2.52. The third kappa shape index (κ3) is 2.63. The van der Waals surface area contributed by atoms with Gasteiger partial charge in [-0.1, -0.05) is 20.8 Å². The largest absolute Gasteiger partial charge is 0.354 e. The molecule has 4 heteroatoms. The highest BCUT2D eigenvalue weighted by Gasteiger charge is 2.34. The number of hydrogen-bond acceptors (Lipinski definition) is 4. The molecule has 1 unspecified atom stereocenters. The van der Waals surface area contributed by atoms with Crippen molar-refractivity contribution in [3.63, 3.8) is 0 Å². The first-order valence-electron chi connectivity index (χ1n) is 6.33. The molecule has 2 rings (SSSR count). The molecule has 0 bridgehead atoms. The molecule has 1 atom stereocenters. The SMILES string of the molecule is CCNC1CC(C)(C)Cc2nc(N(C)C)sc21. The Hall–Kier alpha value is -0.610. The molecule has 3 nitrogen and oxygen atoms in total. The highest BCUT2D eigenvalue weighted by molar-refractivity contribution is 7.15. The lowest BCUT2D eigenvalue weighted by atomic mass is 9.76. The van der Waals surface area contributed by atoms with E-state index in [2.05, 4.69) is 45.1 Å². The fraction of sp³-hybridized carbons (Fsp3) is 0.769. The van der Waals surface area contributed by atoms with Gasteiger partial charge in [-0.2, -0.15) is 0 Å². The normalized spacial score (nSPS) is 22.3. The number of fused-ring (bicyclic) bond motifs is 1. The predicted octanol–water partition coefficient (Wildman–Crippen LogP) is 2.83. The number of thiazole rings is 1. The van der Waals surface area contributed by atoms with Gasteiger partial charge in [0.2, 0.25) is 0 Å². The van der Waals surface area contributed by atoms with E-state index >= 15 is 0 Å². The maximum Gasteiger partial charge on any atom is 0.185 e. The van der Waals surface area contributed by atoms with E-state index in [0.717, 1.165) is 18.1 Å². The summed E-state index contributed by atoms with van der Waals surface area (Å²) in [4.78, 5) is 8.35. The van der Waals surface area contributed by atoms with Crippen molar-refractivity contribution in [1.82, 2.24) is 10.3 Å². The van der Waals surface area contributed by atoms with Crippen molar-refractivity contribution in [1.29, 1.82) is 0 Å². The lowest BCUT2D eigenvalue weighted by Gasteiger charge is -2.34. The van der Waals surface area contributed by atoms with Crippen LogP contribution < -0.4 is 10.2 Å². The van der Waals surface area contributed by atoms with Gasteiger partial charge in [0.25, 0.3) is 0 Å². The quantitative estimate of drug-likeness (QED) is 0.898. The Labute approximate surface area is 108 Å². The molecule has 0 saturated carbocycles. The predicted molar refractivity (Wildman–Crippen MR) is 75.0 cm³/mol. The molecule has 0 spiro atoms. The molecule has 1 N–H and O–H groups in total. The van der Waals surface area contributed by atoms with Crippen molar-refractivity contribution in [3.8, 4) is 0 Å². The molecule has 0 fully saturated rings. The fourth-order valence-corrected chi connectivity index (χ4v) is 3.60. The molecular formula is C13H23N3S. The van der Waals surface area contributed by atoms with Crippen LogP contribution in [0, 0.1) is 5.41 Å². The van der Waals surface area contributed by atoms with Crippen molar-refractivity contribution < 1.29 is 0 Å². The third-order valence-electron chi connectivity index (χ3n) is 3.27. The van der Waals surface area contributed by atoms with Crippen molar-refractivity contribution in [2.45, 2.75) is 39.7 Å². The summed E-state index contributed by atoms with van der Waals surface area (Å²) in [6.07, 6.45) is 2.32. The topological polar surface area (TPSA) is 28.2 Å². The molecule has 1 aliphatic rings. The van der Waals surface area contributed by atoms with Crippen LogP contribution in [0.25, 0.3) is 0 Å². The molecule has 0 amide bonds. The summed E-state index contributed by atoms with van der Waals surface area (Å²) < 4.78 is 0. The third-order valence-corrected chi connectivity index (χ3v) is 4.65. The van der Waals surface area contributed by atoms with Crippen LogP contribution in [0.4, 0.5) is 5.13 Å². The van der Waals surface area contributed by atoms with Gasteiger partial charge in [-0.05, 0) is 24.8 Å². The van der Waals surface area contributed by atoms with Gasteiger partial charge >= 0.3 is 0 Å². The van der Waals surface area contributed by atoms with Crippen LogP contribution in [0.15, 0.2) is 0 Å². The minimum atomic E-state index is 0.359. The number of hydrogen-bond donors (Lipinski definition) is 1. The lowest BCUT2D eigenvalue weighted by Crippen LogP contribution is -2.32. The molecule has 1 aliphatic carbocycles. The summed E-state index contributed by atoms with van der Waals surface area (Å²) in [6, 6.07) is 0.491. The Bertz CT molecular complexity index is 395. The number of aromatic nitrogens is 1. The van der Waals surface area contributed by atoms with Crippen LogP contribution in [0.2, 0.25) is 0 Å². The van der Waals surface area contributed by atoms with E-state index in [9.17, 15) is 0 Å². The van der Waals surface area contributed by atoms with Gasteiger partial charge in [0, 0.05) is 25.0 Å². The monoisotopic (exact) mass is 253 g/mol. The minimum absolute atomic E-state index is 0.359. The summed E-state index contributed by atoms with van der Waals surface area (Å²) in [7, 11) is 4.13. The van der Waals surface area contributed by atoms with Crippen LogP contribution in [-0.4, -0.2) is 25.6 Å². The molecule has 0 radical (unpaired) electrons. The summed E-state index contributed by atoms with van der Waals surface area (Å²) in [5.74, 6) is 0. The average molecular weight is 253 g/mol. The first kappa shape index (κ1) is 12.8. The van der Waals surface area contributed by atoms with E-state index in [1.807, 2.05) is 11.3 Å². The van der Waals surface area contributed by atoms with Crippen LogP contribution in [0.5, 0.6) is 0 Å². The first-order chi connectivity index (χ1) is 7.93. The van der Waals surface area contributed by atoms with Crippen molar-refractivity contribution in [3.05, 3.63) is 10.6 Å². The van der Waals surface area contributed by atoms with E-state index < -0.39 is 0 Å². The van der Waals surface area contributed by atoms with Crippen LogP contribution in [0.1, 0.15) is 43.8 Å². The zero-order valence-electron chi connectivity index (χ0n) is 11.5. The maximum atomic E-state index is 4.78. The van der Waals surface area contributed by atoms with Crippen molar-refractivity contribution in [2.24, 2.45) is 5.41 Å². The Morgan fingerprint density at radius 2 is 2.18 bits per heavy atom. The number of nitrogens with zero attached hydrogens (tertiary/aromatic N) is 2. The van der Waals surface area contributed by atoms with Crippen molar-refractivity contribution >= 4 is 16.5 Å². The number of nitrogens with one attached hydrogen (secondary N) is 1. The van der Waals surface area contributed by atoms with E-state index in [1.165, 1.54) is 17.0 Å². The summed E-state index contributed by atoms with van der Waals surface area (Å²) >= 11 is 1.84. The van der Waals surface area contributed by atoms with Gasteiger partial charge in [0.1, 0.15) is 0 Å². The molecular weight excluding hydrogens is 230 g/mol. The smallest absolute Gasteiger partial charge is 0.185 e. The molecule has 1 aromatic heterocycles. The van der Waals surface area contributed by atoms with Gasteiger partial charge in [-0.15, -0.1) is 11.3 Å². The molecule has 17 heavy (non-hydrogen) atoms. The summed E-state index contributed by atoms with van der Waals surface area (Å²) in [5.41, 5.74) is 1.67. The van der Waals surface area contributed by atoms with E-state index in [-0.39, 0.29) is 0 Å². The summed E-state index contributed by atoms with van der Waals surface area (Å²) in [6.45, 7) is 7.88. The standard InChI is InChI=1S/C13H23N3S/c1-6-14-9-7-13(2,3)8-10-11(9)17-12(15-10)16(4)5/h9,14H,6-8H2,1-5H3. The molecule has 96 valence electrons. The van der Waals surface area contributed by atoms with E-state index in [0.29, 0.717) is 11.5 Å². The minimum Gasteiger partial charge on any atom is -0.354 e. The van der Waals surface area contributed by atoms with E-state index in [1.54, 1.807) is 0 Å². The number of anilines is 1. The Balaban J connectivity index is 2.35. The highest BCUT2D eigenvalue weighted by atomic mass is 32.1. The molecule has 0 aliphatic heterocycles. The van der Waals surface area contributed by atoms with Gasteiger partial charge in [0.05, 0.1) is 5.69 Å². The van der Waals surface area contributed by atoms with Gasteiger partial charge in [-0.25, -0.2) is 4.98 Å². The van der Waals surface area contributed by atoms with Gasteiger partial charge in [0.15, 0.2) is 5.13 Å². The summed E-state index contributed by atoms with van der Waals surface area (Å²) in [5, 5.41) is 4.74. The second-order valence-corrected chi connectivity index (χ2v) is 6.87. The average Bonchev–Trinajstić information content (AvgIpc) is 2.60. The van der Waals surface area contributed by atoms with Crippen LogP contribution in [-0.2, 0) is 6.42 Å². The number of rotatable bonds is 3. The Morgan fingerprint density at radius 1 is 1.47 bits per heavy atom. The first-order valence-corrected chi connectivity index (χ1v) is 7.15. The highest BCUT2D eigenvalue weighted by Crippen LogP contribution is 2.44. The van der Waals surface area contributed by atoms with E-state index in [4.69, 9.17) is 4.98 Å². The zero-order valence-corrected chi connectivity index (χ0v) is 12.3. The van der Waals surface area contributed by atoms with Gasteiger partial charge in [-0.3, -0.25) is 0 Å². The Kier molecular flexibility index (Phi) is 3.46. The molecule has 0 aromatic carbocycles. The Morgan fingerprint density at radius 3 is 2.76 bits per heavy atom. The lowest BCUT2D eigenvalue weighted by molar-refractivity contribution is 0.260. The van der Waals surface area contributed by atoms with Crippen LogP contribution >= 0.6 is 11.3 Å². The van der Waals surface area contributed by atoms with Gasteiger partial charge < -0.3 is 10.2 Å². The second-order valence-electron chi connectivity index (χ2n) is 5.86. The maximum absolute atomic E-state index is 4.78. The zero-order chi connectivity index (χ0) is 12.6. The second kappa shape index (κ2) is 4.58. The molecule has 1 heterocycles. The van der Waals surface area contributed by atoms with Crippen molar-refractivity contribution in [2.75, 3.05) is 25.5 Å². The van der Waals surface area contributed by atoms with Crippen LogP contribution in [0.3, 0.4) is 0 Å². The molecule has 1 aromatic rings. The molecule has 0 saturated heterocycles.